The average Bonchev–Trinajstić information content (AvgIpc) is 2.87. The maximum atomic E-state index is 12.8. The lowest BCUT2D eigenvalue weighted by molar-refractivity contribution is 0.0316. The number of H-pyrrole nitrogens is 1. The number of hydrogen-bond donors (Lipinski definition) is 1. The Bertz CT molecular complexity index is 874. The fourth-order valence-electron chi connectivity index (χ4n) is 3.08. The molecule has 144 valence electrons. The Morgan fingerprint density at radius 2 is 1.59 bits per heavy atom. The fourth-order valence-corrected chi connectivity index (χ4v) is 3.08. The number of nitrogens with one attached hydrogen (secondary N) is 1. The van der Waals surface area contributed by atoms with Gasteiger partial charge in [-0.05, 0) is 59.2 Å². The molecule has 0 aliphatic carbocycles. The maximum absolute atomic E-state index is 12.8. The summed E-state index contributed by atoms with van der Waals surface area (Å²) in [6, 6.07) is 5.39. The van der Waals surface area contributed by atoms with E-state index < -0.39 is 23.8 Å². The van der Waals surface area contributed by atoms with Crippen LogP contribution in [0.15, 0.2) is 18.2 Å². The number of hydrogen-bond acceptors (Lipinski definition) is 5. The topological polar surface area (TPSA) is 85.5 Å². The molecule has 0 bridgehead atoms. The first-order valence-corrected chi connectivity index (χ1v) is 8.85. The number of ether oxygens (including phenoxy) is 2. The third kappa shape index (κ3) is 4.45. The van der Waals surface area contributed by atoms with Gasteiger partial charge in [0.1, 0.15) is 0 Å². The molecule has 2 rings (SSSR count). The van der Waals surface area contributed by atoms with Crippen LogP contribution in [0.3, 0.4) is 0 Å². The molecule has 0 aliphatic rings. The molecule has 6 nitrogen and oxygen atoms in total. The number of ketones is 1. The van der Waals surface area contributed by atoms with E-state index in [2.05, 4.69) is 4.98 Å². The van der Waals surface area contributed by atoms with Crippen molar-refractivity contribution in [3.8, 4) is 0 Å². The Kier molecular flexibility index (Phi) is 6.20. The molecule has 1 N–H and O–H groups in total. The van der Waals surface area contributed by atoms with Gasteiger partial charge in [-0.25, -0.2) is 9.59 Å². The molecule has 0 radical (unpaired) electrons. The second-order valence-corrected chi connectivity index (χ2v) is 6.63. The van der Waals surface area contributed by atoms with Gasteiger partial charge in [-0.1, -0.05) is 17.2 Å². The molecule has 0 spiro atoms. The van der Waals surface area contributed by atoms with Gasteiger partial charge in [0, 0.05) is 5.69 Å². The van der Waals surface area contributed by atoms with Crippen LogP contribution in [0.25, 0.3) is 0 Å². The Hall–Kier alpha value is -2.89. The standard InChI is InChI=1S/C21H25NO5/c1-7-26-21(25)17-13(4)18(22-14(17)5)19(23)15(6)27-20(24)16-9-11(2)8-12(3)10-16/h8-10,15,22H,7H2,1-6H3/t15-/m0/s1. The van der Waals surface area contributed by atoms with Gasteiger partial charge in [-0.2, -0.15) is 0 Å². The molecule has 0 saturated heterocycles. The zero-order valence-corrected chi connectivity index (χ0v) is 16.6. The van der Waals surface area contributed by atoms with Crippen LogP contribution < -0.4 is 0 Å². The van der Waals surface area contributed by atoms with Crippen LogP contribution in [0, 0.1) is 27.7 Å². The number of aryl methyl sites for hydroxylation is 3. The zero-order chi connectivity index (χ0) is 20.3. The summed E-state index contributed by atoms with van der Waals surface area (Å²) in [6.07, 6.45) is -0.995. The molecular weight excluding hydrogens is 346 g/mol. The first kappa shape index (κ1) is 20.4. The number of aromatic nitrogens is 1. The number of carbonyl (C=O) groups excluding carboxylic acids is 3. The Morgan fingerprint density at radius 1 is 1.00 bits per heavy atom. The molecule has 6 heteroatoms. The highest BCUT2D eigenvalue weighted by molar-refractivity contribution is 6.04. The molecule has 1 aromatic carbocycles. The lowest BCUT2D eigenvalue weighted by Crippen LogP contribution is -2.25. The summed E-state index contributed by atoms with van der Waals surface area (Å²) in [4.78, 5) is 40.1. The van der Waals surface area contributed by atoms with Gasteiger partial charge < -0.3 is 14.5 Å². The van der Waals surface area contributed by atoms with Gasteiger partial charge in [0.25, 0.3) is 0 Å². The van der Waals surface area contributed by atoms with E-state index in [9.17, 15) is 14.4 Å². The van der Waals surface area contributed by atoms with Crippen LogP contribution in [0.5, 0.6) is 0 Å². The molecule has 1 atom stereocenters. The predicted molar refractivity (Wildman–Crippen MR) is 101 cm³/mol. The van der Waals surface area contributed by atoms with E-state index in [1.807, 2.05) is 19.9 Å². The summed E-state index contributed by atoms with van der Waals surface area (Å²) in [5, 5.41) is 0. The van der Waals surface area contributed by atoms with E-state index in [0.29, 0.717) is 22.4 Å². The van der Waals surface area contributed by atoms with Crippen molar-refractivity contribution in [3.05, 3.63) is 57.4 Å². The highest BCUT2D eigenvalue weighted by atomic mass is 16.5. The van der Waals surface area contributed by atoms with E-state index in [-0.39, 0.29) is 12.3 Å². The van der Waals surface area contributed by atoms with Gasteiger partial charge in [0.15, 0.2) is 6.10 Å². The normalized spacial score (nSPS) is 11.8. The molecule has 0 fully saturated rings. The lowest BCUT2D eigenvalue weighted by atomic mass is 10.1. The largest absolute Gasteiger partial charge is 0.462 e. The number of aromatic amines is 1. The van der Waals surface area contributed by atoms with Gasteiger partial charge in [0.05, 0.1) is 23.4 Å². The maximum Gasteiger partial charge on any atom is 0.340 e. The highest BCUT2D eigenvalue weighted by Crippen LogP contribution is 2.21. The van der Waals surface area contributed by atoms with Crippen molar-refractivity contribution in [1.29, 1.82) is 0 Å². The van der Waals surface area contributed by atoms with Crippen molar-refractivity contribution in [2.75, 3.05) is 6.61 Å². The van der Waals surface area contributed by atoms with Gasteiger partial charge in [-0.15, -0.1) is 0 Å². The van der Waals surface area contributed by atoms with Crippen LogP contribution in [0.2, 0.25) is 0 Å². The summed E-state index contributed by atoms with van der Waals surface area (Å²) in [7, 11) is 0. The van der Waals surface area contributed by atoms with Crippen molar-refractivity contribution in [1.82, 2.24) is 4.98 Å². The minimum absolute atomic E-state index is 0.246. The third-order valence-corrected chi connectivity index (χ3v) is 4.27. The van der Waals surface area contributed by atoms with E-state index in [4.69, 9.17) is 9.47 Å². The molecule has 1 aromatic heterocycles. The SMILES string of the molecule is CCOC(=O)c1c(C)[nH]c(C(=O)[C@H](C)OC(=O)c2cc(C)cc(C)c2)c1C. The van der Waals surface area contributed by atoms with E-state index in [0.717, 1.165) is 11.1 Å². The second kappa shape index (κ2) is 8.20. The number of Topliss-reactive ketones (excluding diaryl/α,β-unsaturated/α-hetero) is 1. The quantitative estimate of drug-likeness (QED) is 0.616. The summed E-state index contributed by atoms with van der Waals surface area (Å²) < 4.78 is 10.4. The predicted octanol–water partition coefficient (Wildman–Crippen LogP) is 3.85. The Labute approximate surface area is 158 Å². The molecular formula is C21H25NO5. The van der Waals surface area contributed by atoms with Crippen LogP contribution in [-0.4, -0.2) is 35.4 Å². The monoisotopic (exact) mass is 371 g/mol. The third-order valence-electron chi connectivity index (χ3n) is 4.27. The number of carbonyl (C=O) groups is 3. The fraction of sp³-hybridized carbons (Fsp3) is 0.381. The zero-order valence-electron chi connectivity index (χ0n) is 16.6. The van der Waals surface area contributed by atoms with E-state index >= 15 is 0 Å². The van der Waals surface area contributed by atoms with Crippen LogP contribution >= 0.6 is 0 Å². The molecule has 1 heterocycles. The van der Waals surface area contributed by atoms with Crippen molar-refractivity contribution in [2.24, 2.45) is 0 Å². The molecule has 0 saturated carbocycles. The van der Waals surface area contributed by atoms with Crippen LogP contribution in [-0.2, 0) is 9.47 Å². The molecule has 2 aromatic rings. The Balaban J connectivity index is 2.21. The van der Waals surface area contributed by atoms with Crippen molar-refractivity contribution in [2.45, 2.75) is 47.6 Å². The van der Waals surface area contributed by atoms with Gasteiger partial charge in [-0.3, -0.25) is 4.79 Å². The Morgan fingerprint density at radius 3 is 2.15 bits per heavy atom. The molecule has 0 aliphatic heterocycles. The van der Waals surface area contributed by atoms with E-state index in [1.165, 1.54) is 6.92 Å². The molecule has 0 amide bonds. The molecule has 27 heavy (non-hydrogen) atoms. The first-order chi connectivity index (χ1) is 12.6. The van der Waals surface area contributed by atoms with Crippen LogP contribution in [0.1, 0.15) is 67.4 Å². The van der Waals surface area contributed by atoms with Crippen molar-refractivity contribution in [3.63, 3.8) is 0 Å². The van der Waals surface area contributed by atoms with Crippen LogP contribution in [0.4, 0.5) is 0 Å². The summed E-state index contributed by atoms with van der Waals surface area (Å²) in [6.45, 7) is 10.6. The van der Waals surface area contributed by atoms with Crippen molar-refractivity contribution >= 4 is 17.7 Å². The first-order valence-electron chi connectivity index (χ1n) is 8.85. The smallest absolute Gasteiger partial charge is 0.340 e. The van der Waals surface area contributed by atoms with Gasteiger partial charge >= 0.3 is 11.9 Å². The van der Waals surface area contributed by atoms with E-state index in [1.54, 1.807) is 32.9 Å². The average molecular weight is 371 g/mol. The second-order valence-electron chi connectivity index (χ2n) is 6.63. The van der Waals surface area contributed by atoms with Crippen molar-refractivity contribution < 1.29 is 23.9 Å². The number of esters is 2. The summed E-state index contributed by atoms with van der Waals surface area (Å²) >= 11 is 0. The summed E-state index contributed by atoms with van der Waals surface area (Å²) in [5.41, 5.74) is 3.90. The lowest BCUT2D eigenvalue weighted by Gasteiger charge is -2.13. The minimum atomic E-state index is -0.995. The summed E-state index contributed by atoms with van der Waals surface area (Å²) in [5.74, 6) is -1.44. The highest BCUT2D eigenvalue weighted by Gasteiger charge is 2.27. The number of rotatable bonds is 6. The minimum Gasteiger partial charge on any atom is -0.462 e. The molecule has 0 unspecified atom stereocenters. The number of benzene rings is 1. The van der Waals surface area contributed by atoms with Gasteiger partial charge in [0.2, 0.25) is 5.78 Å².